The average Bonchev–Trinajstić information content (AvgIpc) is 2.69. The maximum atomic E-state index is 12.3. The van der Waals surface area contributed by atoms with Gasteiger partial charge in [-0.15, -0.1) is 0 Å². The lowest BCUT2D eigenvalue weighted by Crippen LogP contribution is -2.04. The molecule has 0 spiro atoms. The Morgan fingerprint density at radius 2 is 1.82 bits per heavy atom. The van der Waals surface area contributed by atoms with Gasteiger partial charge >= 0.3 is 0 Å². The molecule has 1 heterocycles. The van der Waals surface area contributed by atoms with E-state index in [-0.39, 0.29) is 5.78 Å². The molecular weight excluding hydrogens is 236 g/mol. The molecule has 3 heteroatoms. The number of carbonyl (C=O) groups excluding carboxylic acids is 1. The van der Waals surface area contributed by atoms with Crippen molar-refractivity contribution in [2.45, 2.75) is 20.8 Å². The molecule has 0 N–H and O–H groups in total. The van der Waals surface area contributed by atoms with Gasteiger partial charge in [0.05, 0.1) is 6.26 Å². The van der Waals surface area contributed by atoms with E-state index in [1.165, 1.54) is 6.26 Å². The molecule has 0 radical (unpaired) electrons. The third-order valence-corrected chi connectivity index (χ3v) is 3.23. The van der Waals surface area contributed by atoms with Crippen LogP contribution in [0.2, 0.25) is 5.02 Å². The Morgan fingerprint density at radius 1 is 1.12 bits per heavy atom. The maximum Gasteiger partial charge on any atom is 0.228 e. The second-order valence-corrected chi connectivity index (χ2v) is 4.59. The summed E-state index contributed by atoms with van der Waals surface area (Å²) in [4.78, 5) is 12.3. The molecule has 0 saturated carbocycles. The molecule has 0 unspecified atom stereocenters. The van der Waals surface area contributed by atoms with E-state index >= 15 is 0 Å². The van der Waals surface area contributed by atoms with E-state index in [9.17, 15) is 4.79 Å². The van der Waals surface area contributed by atoms with Gasteiger partial charge in [0.2, 0.25) is 5.78 Å². The smallest absolute Gasteiger partial charge is 0.228 e. The minimum atomic E-state index is -0.0928. The van der Waals surface area contributed by atoms with Gasteiger partial charge in [-0.25, -0.2) is 0 Å². The Balaban J connectivity index is 2.52. The summed E-state index contributed by atoms with van der Waals surface area (Å²) < 4.78 is 5.22. The Morgan fingerprint density at radius 3 is 2.41 bits per heavy atom. The first-order valence-electron chi connectivity index (χ1n) is 5.36. The molecule has 2 rings (SSSR count). The number of aryl methyl sites for hydroxylation is 3. The van der Waals surface area contributed by atoms with Crippen molar-refractivity contribution in [1.82, 2.24) is 0 Å². The summed E-state index contributed by atoms with van der Waals surface area (Å²) in [5.41, 5.74) is 3.25. The number of benzene rings is 1. The Labute approximate surface area is 105 Å². The monoisotopic (exact) mass is 248 g/mol. The van der Waals surface area contributed by atoms with E-state index in [2.05, 4.69) is 0 Å². The van der Waals surface area contributed by atoms with Gasteiger partial charge in [0, 0.05) is 10.6 Å². The van der Waals surface area contributed by atoms with Crippen LogP contribution >= 0.6 is 11.6 Å². The quantitative estimate of drug-likeness (QED) is 0.750. The van der Waals surface area contributed by atoms with Crippen molar-refractivity contribution in [2.24, 2.45) is 0 Å². The van der Waals surface area contributed by atoms with Crippen molar-refractivity contribution in [3.63, 3.8) is 0 Å². The predicted octanol–water partition coefficient (Wildman–Crippen LogP) is 4.09. The summed E-state index contributed by atoms with van der Waals surface area (Å²) >= 11 is 6.01. The van der Waals surface area contributed by atoms with Gasteiger partial charge in [-0.2, -0.15) is 0 Å². The van der Waals surface area contributed by atoms with Crippen LogP contribution < -0.4 is 0 Å². The molecule has 0 aliphatic rings. The number of hydrogen-bond donors (Lipinski definition) is 0. The summed E-state index contributed by atoms with van der Waals surface area (Å²) in [6, 6.07) is 5.40. The fraction of sp³-hybridized carbons (Fsp3) is 0.214. The number of furan rings is 1. The number of ketones is 1. The van der Waals surface area contributed by atoms with Crippen LogP contribution in [0, 0.1) is 20.8 Å². The van der Waals surface area contributed by atoms with Crippen LogP contribution in [0.4, 0.5) is 0 Å². The molecule has 0 saturated heterocycles. The van der Waals surface area contributed by atoms with Gasteiger partial charge < -0.3 is 4.42 Å². The molecule has 1 aromatic carbocycles. The summed E-state index contributed by atoms with van der Waals surface area (Å²) in [5.74, 6) is 0.305. The van der Waals surface area contributed by atoms with Crippen LogP contribution in [0.3, 0.4) is 0 Å². The van der Waals surface area contributed by atoms with Crippen molar-refractivity contribution >= 4 is 17.4 Å². The van der Waals surface area contributed by atoms with E-state index in [1.54, 1.807) is 6.07 Å². The van der Waals surface area contributed by atoms with Gasteiger partial charge in [-0.1, -0.05) is 11.6 Å². The molecule has 88 valence electrons. The van der Waals surface area contributed by atoms with Crippen molar-refractivity contribution in [1.29, 1.82) is 0 Å². The Kier molecular flexibility index (Phi) is 3.07. The van der Waals surface area contributed by atoms with Crippen LogP contribution in [-0.2, 0) is 0 Å². The highest BCUT2D eigenvalue weighted by Gasteiger charge is 2.18. The van der Waals surface area contributed by atoms with Crippen LogP contribution in [0.25, 0.3) is 0 Å². The number of hydrogen-bond acceptors (Lipinski definition) is 2. The number of rotatable bonds is 2. The molecule has 0 fully saturated rings. The third-order valence-electron chi connectivity index (χ3n) is 2.82. The summed E-state index contributed by atoms with van der Waals surface area (Å²) in [7, 11) is 0. The molecule has 2 aromatic rings. The second kappa shape index (κ2) is 4.38. The predicted molar refractivity (Wildman–Crippen MR) is 67.8 cm³/mol. The van der Waals surface area contributed by atoms with Crippen molar-refractivity contribution < 1.29 is 9.21 Å². The molecule has 0 aliphatic heterocycles. The topological polar surface area (TPSA) is 30.2 Å². The normalized spacial score (nSPS) is 10.6. The van der Waals surface area contributed by atoms with Crippen LogP contribution in [0.5, 0.6) is 0 Å². The van der Waals surface area contributed by atoms with Crippen LogP contribution in [-0.4, -0.2) is 5.78 Å². The third kappa shape index (κ3) is 2.13. The lowest BCUT2D eigenvalue weighted by atomic mass is 9.99. The fourth-order valence-corrected chi connectivity index (χ4v) is 1.97. The van der Waals surface area contributed by atoms with E-state index in [0.717, 1.165) is 16.7 Å². The molecular formula is C14H13ClO2. The number of halogens is 1. The SMILES string of the molecule is Cc1cc(C(=O)c2occc2C)c(C)cc1Cl. The summed E-state index contributed by atoms with van der Waals surface area (Å²) in [6.45, 7) is 5.61. The fourth-order valence-electron chi connectivity index (χ4n) is 1.75. The van der Waals surface area contributed by atoms with Crippen LogP contribution in [0.15, 0.2) is 28.9 Å². The maximum absolute atomic E-state index is 12.3. The molecule has 17 heavy (non-hydrogen) atoms. The van der Waals surface area contributed by atoms with Gasteiger partial charge in [0.15, 0.2) is 5.76 Å². The zero-order valence-electron chi connectivity index (χ0n) is 10.0. The number of carbonyl (C=O) groups is 1. The van der Waals surface area contributed by atoms with Gasteiger partial charge in [0.1, 0.15) is 0 Å². The van der Waals surface area contributed by atoms with E-state index in [4.69, 9.17) is 16.0 Å². The van der Waals surface area contributed by atoms with E-state index < -0.39 is 0 Å². The van der Waals surface area contributed by atoms with E-state index in [0.29, 0.717) is 16.3 Å². The van der Waals surface area contributed by atoms with Gasteiger partial charge in [-0.05, 0) is 55.7 Å². The second-order valence-electron chi connectivity index (χ2n) is 4.18. The first-order chi connectivity index (χ1) is 8.00. The van der Waals surface area contributed by atoms with Crippen molar-refractivity contribution in [3.8, 4) is 0 Å². The highest BCUT2D eigenvalue weighted by molar-refractivity contribution is 6.31. The molecule has 0 amide bonds. The molecule has 0 aliphatic carbocycles. The molecule has 0 atom stereocenters. The van der Waals surface area contributed by atoms with Gasteiger partial charge in [-0.3, -0.25) is 4.79 Å². The minimum absolute atomic E-state index is 0.0928. The Bertz CT molecular complexity index is 582. The highest BCUT2D eigenvalue weighted by Crippen LogP contribution is 2.23. The lowest BCUT2D eigenvalue weighted by Gasteiger charge is -2.07. The van der Waals surface area contributed by atoms with Crippen LogP contribution in [0.1, 0.15) is 32.8 Å². The minimum Gasteiger partial charge on any atom is -0.461 e. The van der Waals surface area contributed by atoms with E-state index in [1.807, 2.05) is 32.9 Å². The first-order valence-corrected chi connectivity index (χ1v) is 5.74. The zero-order chi connectivity index (χ0) is 12.6. The average molecular weight is 249 g/mol. The van der Waals surface area contributed by atoms with Gasteiger partial charge in [0.25, 0.3) is 0 Å². The molecule has 1 aromatic heterocycles. The zero-order valence-corrected chi connectivity index (χ0v) is 10.8. The molecule has 0 bridgehead atoms. The standard InChI is InChI=1S/C14H13ClO2/c1-8-4-5-17-14(8)13(16)11-6-10(3)12(15)7-9(11)2/h4-7H,1-3H3. The van der Waals surface area contributed by atoms with Crippen molar-refractivity contribution in [2.75, 3.05) is 0 Å². The van der Waals surface area contributed by atoms with Crippen molar-refractivity contribution in [3.05, 3.63) is 57.5 Å². The highest BCUT2D eigenvalue weighted by atomic mass is 35.5. The first kappa shape index (κ1) is 11.9. The Hall–Kier alpha value is -1.54. The largest absolute Gasteiger partial charge is 0.461 e. The summed E-state index contributed by atoms with van der Waals surface area (Å²) in [5, 5.41) is 0.676. The molecule has 2 nitrogen and oxygen atoms in total. The lowest BCUT2D eigenvalue weighted by molar-refractivity contribution is 0.101. The summed E-state index contributed by atoms with van der Waals surface area (Å²) in [6.07, 6.45) is 1.53.